The molecule has 2 N–H and O–H groups in total. The molecule has 0 aliphatic carbocycles. The molecule has 1 aliphatic rings. The fourth-order valence-corrected chi connectivity index (χ4v) is 2.58. The average molecular weight is 358 g/mol. The number of nitrogens with one attached hydrogen (secondary N) is 1. The van der Waals surface area contributed by atoms with Crippen molar-refractivity contribution in [2.75, 3.05) is 10.2 Å². The lowest BCUT2D eigenvalue weighted by Crippen LogP contribution is -2.32. The maximum Gasteiger partial charge on any atom is 0.301 e. The van der Waals surface area contributed by atoms with Gasteiger partial charge in [-0.1, -0.05) is 12.1 Å². The first kappa shape index (κ1) is 17.3. The Morgan fingerprint density at radius 3 is 2.31 bits per heavy atom. The van der Waals surface area contributed by atoms with Gasteiger partial charge in [-0.05, 0) is 29.8 Å². The summed E-state index contributed by atoms with van der Waals surface area (Å²) in [5.74, 6) is -5.12. The van der Waals surface area contributed by atoms with Crippen molar-refractivity contribution in [3.63, 3.8) is 0 Å². The van der Waals surface area contributed by atoms with Gasteiger partial charge in [0.2, 0.25) is 5.91 Å². The molecule has 0 radical (unpaired) electrons. The molecule has 3 rings (SSSR count). The zero-order valence-electron chi connectivity index (χ0n) is 13.4. The van der Waals surface area contributed by atoms with E-state index in [1.807, 2.05) is 0 Å². The van der Waals surface area contributed by atoms with Crippen molar-refractivity contribution < 1.29 is 28.3 Å². The van der Waals surface area contributed by atoms with E-state index < -0.39 is 34.9 Å². The Labute approximate surface area is 146 Å². The van der Waals surface area contributed by atoms with Crippen LogP contribution in [0, 0.1) is 11.6 Å². The second-order valence-electron chi connectivity index (χ2n) is 5.52. The molecule has 132 valence electrons. The van der Waals surface area contributed by atoms with E-state index in [-0.39, 0.29) is 17.0 Å². The second-order valence-corrected chi connectivity index (χ2v) is 5.52. The SMILES string of the molecule is CC(=O)Nc1ccc(C2=C(O)C(=O)N(c3cc(F)ccc3F)C2=O)cc1. The molecule has 0 spiro atoms. The fraction of sp³-hybridized carbons (Fsp3) is 0.0556. The summed E-state index contributed by atoms with van der Waals surface area (Å²) >= 11 is 0. The predicted octanol–water partition coefficient (Wildman–Crippen LogP) is 2.77. The third-order valence-electron chi connectivity index (χ3n) is 3.70. The minimum absolute atomic E-state index is 0.189. The number of rotatable bonds is 3. The van der Waals surface area contributed by atoms with E-state index >= 15 is 0 Å². The van der Waals surface area contributed by atoms with Crippen LogP contribution < -0.4 is 10.2 Å². The maximum absolute atomic E-state index is 13.9. The summed E-state index contributed by atoms with van der Waals surface area (Å²) < 4.78 is 27.3. The molecular weight excluding hydrogens is 346 g/mol. The van der Waals surface area contributed by atoms with Gasteiger partial charge in [-0.3, -0.25) is 14.4 Å². The molecule has 0 atom stereocenters. The van der Waals surface area contributed by atoms with Crippen LogP contribution in [0.1, 0.15) is 12.5 Å². The molecule has 2 aromatic carbocycles. The van der Waals surface area contributed by atoms with Gasteiger partial charge in [-0.2, -0.15) is 0 Å². The molecule has 1 aliphatic heterocycles. The molecule has 8 heteroatoms. The summed E-state index contributed by atoms with van der Waals surface area (Å²) in [6.07, 6.45) is 0. The van der Waals surface area contributed by atoms with E-state index in [9.17, 15) is 28.3 Å². The molecule has 26 heavy (non-hydrogen) atoms. The Bertz CT molecular complexity index is 968. The van der Waals surface area contributed by atoms with Gasteiger partial charge in [0.15, 0.2) is 5.76 Å². The molecule has 6 nitrogen and oxygen atoms in total. The molecule has 0 saturated heterocycles. The monoisotopic (exact) mass is 358 g/mol. The Hall–Kier alpha value is -3.55. The number of hydrogen-bond donors (Lipinski definition) is 2. The average Bonchev–Trinajstić information content (AvgIpc) is 2.80. The molecule has 1 heterocycles. The third kappa shape index (κ3) is 2.92. The van der Waals surface area contributed by atoms with E-state index in [1.54, 1.807) is 0 Å². The van der Waals surface area contributed by atoms with Crippen LogP contribution in [0.25, 0.3) is 5.57 Å². The van der Waals surface area contributed by atoms with E-state index in [0.29, 0.717) is 16.7 Å². The van der Waals surface area contributed by atoms with Gasteiger partial charge < -0.3 is 10.4 Å². The summed E-state index contributed by atoms with van der Waals surface area (Å²) in [4.78, 5) is 36.2. The molecule has 0 aromatic heterocycles. The van der Waals surface area contributed by atoms with E-state index in [1.165, 1.54) is 31.2 Å². The zero-order valence-corrected chi connectivity index (χ0v) is 13.4. The highest BCUT2D eigenvalue weighted by Crippen LogP contribution is 2.33. The van der Waals surface area contributed by atoms with E-state index in [4.69, 9.17) is 0 Å². The van der Waals surface area contributed by atoms with Crippen molar-refractivity contribution in [1.29, 1.82) is 0 Å². The number of anilines is 2. The van der Waals surface area contributed by atoms with Crippen molar-refractivity contribution in [2.45, 2.75) is 6.92 Å². The number of aliphatic hydroxyl groups is 1. The lowest BCUT2D eigenvalue weighted by atomic mass is 10.1. The zero-order chi connectivity index (χ0) is 19.0. The molecule has 0 saturated carbocycles. The van der Waals surface area contributed by atoms with Crippen LogP contribution in [0.5, 0.6) is 0 Å². The molecule has 0 bridgehead atoms. The Morgan fingerprint density at radius 2 is 1.69 bits per heavy atom. The Balaban J connectivity index is 1.99. The molecule has 3 amide bonds. The number of halogens is 2. The van der Waals surface area contributed by atoms with Gasteiger partial charge in [0.25, 0.3) is 5.91 Å². The normalized spacial score (nSPS) is 14.2. The Kier molecular flexibility index (Phi) is 4.25. The standard InChI is InChI=1S/C18H12F2N2O4/c1-9(23)21-12-5-2-10(3-6-12)15-16(24)18(26)22(17(15)25)14-8-11(19)4-7-13(14)20/h2-8,24H,1H3,(H,21,23). The number of carbonyl (C=O) groups is 3. The number of imide groups is 1. The first-order chi connectivity index (χ1) is 12.3. The summed E-state index contributed by atoms with van der Waals surface area (Å²) in [5, 5.41) is 12.6. The van der Waals surface area contributed by atoms with Crippen LogP contribution in [0.15, 0.2) is 48.2 Å². The lowest BCUT2D eigenvalue weighted by Gasteiger charge is -2.15. The van der Waals surface area contributed by atoms with Gasteiger partial charge in [0.05, 0.1) is 11.3 Å². The van der Waals surface area contributed by atoms with Gasteiger partial charge in [-0.25, -0.2) is 13.7 Å². The number of benzene rings is 2. The van der Waals surface area contributed by atoms with Crippen molar-refractivity contribution >= 4 is 34.7 Å². The van der Waals surface area contributed by atoms with Crippen molar-refractivity contribution in [3.8, 4) is 0 Å². The lowest BCUT2D eigenvalue weighted by molar-refractivity contribution is -0.121. The van der Waals surface area contributed by atoms with Crippen LogP contribution in [0.3, 0.4) is 0 Å². The third-order valence-corrected chi connectivity index (χ3v) is 3.70. The summed E-state index contributed by atoms with van der Waals surface area (Å²) in [6, 6.07) is 8.09. The summed E-state index contributed by atoms with van der Waals surface area (Å²) in [7, 11) is 0. The molecular formula is C18H12F2N2O4. The van der Waals surface area contributed by atoms with Crippen molar-refractivity contribution in [2.24, 2.45) is 0 Å². The second kappa shape index (κ2) is 6.40. The van der Waals surface area contributed by atoms with Crippen LogP contribution in [0.2, 0.25) is 0 Å². The topological polar surface area (TPSA) is 86.7 Å². The largest absolute Gasteiger partial charge is 0.502 e. The molecule has 0 unspecified atom stereocenters. The number of amides is 3. The minimum Gasteiger partial charge on any atom is -0.502 e. The molecule has 0 fully saturated rings. The number of carbonyl (C=O) groups excluding carboxylic acids is 3. The summed E-state index contributed by atoms with van der Waals surface area (Å²) in [6.45, 7) is 1.33. The van der Waals surface area contributed by atoms with Gasteiger partial charge in [0.1, 0.15) is 11.6 Å². The Morgan fingerprint density at radius 1 is 1.04 bits per heavy atom. The van der Waals surface area contributed by atoms with Crippen LogP contribution in [-0.2, 0) is 14.4 Å². The highest BCUT2D eigenvalue weighted by molar-refractivity contribution is 6.44. The van der Waals surface area contributed by atoms with Crippen LogP contribution in [-0.4, -0.2) is 22.8 Å². The van der Waals surface area contributed by atoms with Gasteiger partial charge in [-0.15, -0.1) is 0 Å². The summed E-state index contributed by atoms with van der Waals surface area (Å²) in [5.41, 5.74) is -0.287. The van der Waals surface area contributed by atoms with Crippen molar-refractivity contribution in [1.82, 2.24) is 0 Å². The first-order valence-electron chi connectivity index (χ1n) is 7.44. The fourth-order valence-electron chi connectivity index (χ4n) is 2.58. The smallest absolute Gasteiger partial charge is 0.301 e. The number of aliphatic hydroxyl groups excluding tert-OH is 1. The maximum atomic E-state index is 13.9. The van der Waals surface area contributed by atoms with Crippen LogP contribution >= 0.6 is 0 Å². The minimum atomic E-state index is -1.15. The van der Waals surface area contributed by atoms with Gasteiger partial charge >= 0.3 is 5.91 Å². The number of hydrogen-bond acceptors (Lipinski definition) is 4. The van der Waals surface area contributed by atoms with Crippen molar-refractivity contribution in [3.05, 3.63) is 65.4 Å². The highest BCUT2D eigenvalue weighted by atomic mass is 19.1. The predicted molar refractivity (Wildman–Crippen MR) is 89.1 cm³/mol. The van der Waals surface area contributed by atoms with Crippen LogP contribution in [0.4, 0.5) is 20.2 Å². The van der Waals surface area contributed by atoms with Gasteiger partial charge in [0, 0.05) is 18.7 Å². The number of nitrogens with zero attached hydrogens (tertiary/aromatic N) is 1. The van der Waals surface area contributed by atoms with E-state index in [0.717, 1.165) is 12.1 Å². The quantitative estimate of drug-likeness (QED) is 0.826. The molecule has 2 aromatic rings. The highest BCUT2D eigenvalue weighted by Gasteiger charge is 2.41. The first-order valence-corrected chi connectivity index (χ1v) is 7.44. The van der Waals surface area contributed by atoms with E-state index in [2.05, 4.69) is 5.32 Å².